The van der Waals surface area contributed by atoms with Crippen molar-refractivity contribution in [3.05, 3.63) is 47.6 Å². The fourth-order valence-corrected chi connectivity index (χ4v) is 2.00. The maximum absolute atomic E-state index is 12.3. The number of Topliss-reactive ketones (excluding diaryl/α,β-unsaturated/α-hetero) is 1. The van der Waals surface area contributed by atoms with Crippen molar-refractivity contribution in [3.8, 4) is 0 Å². The molecule has 3 rings (SSSR count). The highest BCUT2D eigenvalue weighted by molar-refractivity contribution is 6.14. The Morgan fingerprint density at radius 3 is 1.89 bits per heavy atom. The molecule has 1 aliphatic heterocycles. The molecule has 1 saturated heterocycles. The predicted molar refractivity (Wildman–Crippen MR) is 71.0 cm³/mol. The van der Waals surface area contributed by atoms with E-state index in [4.69, 9.17) is 0 Å². The number of hydrogen-bond donors (Lipinski definition) is 3. The summed E-state index contributed by atoms with van der Waals surface area (Å²) in [5, 5.41) is 3.21. The third-order valence-electron chi connectivity index (χ3n) is 2.91. The molecular weight excluding hydrogens is 242 g/mol. The lowest BCUT2D eigenvalue weighted by Crippen LogP contribution is -2.32. The first-order valence-electron chi connectivity index (χ1n) is 5.96. The topological polar surface area (TPSA) is 86.5 Å². The molecule has 3 N–H and O–H groups in total. The van der Waals surface area contributed by atoms with Crippen LogP contribution in [0.3, 0.4) is 0 Å². The molecule has 1 fully saturated rings. The van der Waals surface area contributed by atoms with Gasteiger partial charge in [-0.15, -0.1) is 0 Å². The Bertz CT molecular complexity index is 568. The summed E-state index contributed by atoms with van der Waals surface area (Å²) >= 11 is 0. The second-order valence-electron chi connectivity index (χ2n) is 4.29. The van der Waals surface area contributed by atoms with Crippen molar-refractivity contribution >= 4 is 17.9 Å². The van der Waals surface area contributed by atoms with Gasteiger partial charge in [0, 0.05) is 24.2 Å². The van der Waals surface area contributed by atoms with Gasteiger partial charge in [-0.3, -0.25) is 4.79 Å². The SMILES string of the molecule is O=C1/C(=C/c2cnc[nH]2)CNC/C1=C\c1cnc[nH]1. The second kappa shape index (κ2) is 5.03. The third-order valence-corrected chi connectivity index (χ3v) is 2.91. The van der Waals surface area contributed by atoms with E-state index in [1.54, 1.807) is 25.0 Å². The molecule has 0 spiro atoms. The van der Waals surface area contributed by atoms with Gasteiger partial charge in [-0.1, -0.05) is 0 Å². The van der Waals surface area contributed by atoms with Gasteiger partial charge in [-0.2, -0.15) is 0 Å². The summed E-state index contributed by atoms with van der Waals surface area (Å²) in [5.41, 5.74) is 3.10. The van der Waals surface area contributed by atoms with Gasteiger partial charge in [0.25, 0.3) is 0 Å². The van der Waals surface area contributed by atoms with Crippen molar-refractivity contribution < 1.29 is 4.79 Å². The minimum Gasteiger partial charge on any atom is -0.345 e. The van der Waals surface area contributed by atoms with E-state index in [0.29, 0.717) is 13.1 Å². The summed E-state index contributed by atoms with van der Waals surface area (Å²) in [5.74, 6) is 0.0583. The zero-order chi connectivity index (χ0) is 13.1. The lowest BCUT2D eigenvalue weighted by molar-refractivity contribution is -0.112. The molecule has 1 aliphatic rings. The fraction of sp³-hybridized carbons (Fsp3) is 0.154. The quantitative estimate of drug-likeness (QED) is 0.692. The van der Waals surface area contributed by atoms with Crippen LogP contribution < -0.4 is 5.32 Å². The molecule has 6 nitrogen and oxygen atoms in total. The average Bonchev–Trinajstić information content (AvgIpc) is 3.07. The number of carbonyl (C=O) groups is 1. The molecule has 2 aromatic rings. The summed E-state index contributed by atoms with van der Waals surface area (Å²) in [7, 11) is 0. The number of imidazole rings is 2. The lowest BCUT2D eigenvalue weighted by atomic mass is 9.98. The molecule has 2 aromatic heterocycles. The summed E-state index contributed by atoms with van der Waals surface area (Å²) in [6.45, 7) is 1.14. The Balaban J connectivity index is 1.87. The number of ketones is 1. The van der Waals surface area contributed by atoms with Gasteiger partial charge in [0.15, 0.2) is 5.78 Å². The molecule has 0 amide bonds. The Labute approximate surface area is 109 Å². The third kappa shape index (κ3) is 2.53. The Hall–Kier alpha value is -2.47. The number of rotatable bonds is 2. The van der Waals surface area contributed by atoms with E-state index in [0.717, 1.165) is 22.5 Å². The maximum atomic E-state index is 12.3. The lowest BCUT2D eigenvalue weighted by Gasteiger charge is -2.17. The molecule has 0 aliphatic carbocycles. The number of aromatic nitrogens is 4. The molecule has 3 heterocycles. The molecule has 0 saturated carbocycles. The van der Waals surface area contributed by atoms with E-state index in [2.05, 4.69) is 25.3 Å². The van der Waals surface area contributed by atoms with Gasteiger partial charge in [0.2, 0.25) is 0 Å². The van der Waals surface area contributed by atoms with Gasteiger partial charge in [0.05, 0.1) is 36.4 Å². The van der Waals surface area contributed by atoms with Crippen LogP contribution in [-0.4, -0.2) is 38.8 Å². The van der Waals surface area contributed by atoms with Crippen molar-refractivity contribution in [1.82, 2.24) is 25.3 Å². The van der Waals surface area contributed by atoms with Gasteiger partial charge < -0.3 is 15.3 Å². The fourth-order valence-electron chi connectivity index (χ4n) is 2.00. The number of aromatic amines is 2. The second-order valence-corrected chi connectivity index (χ2v) is 4.29. The smallest absolute Gasteiger partial charge is 0.187 e. The zero-order valence-corrected chi connectivity index (χ0v) is 10.2. The van der Waals surface area contributed by atoms with E-state index in [1.165, 1.54) is 0 Å². The molecule has 6 heteroatoms. The Morgan fingerprint density at radius 2 is 1.47 bits per heavy atom. The largest absolute Gasteiger partial charge is 0.345 e. The first-order chi connectivity index (χ1) is 9.33. The monoisotopic (exact) mass is 255 g/mol. The highest BCUT2D eigenvalue weighted by Gasteiger charge is 2.20. The van der Waals surface area contributed by atoms with E-state index in [9.17, 15) is 4.79 Å². The molecule has 96 valence electrons. The molecular formula is C13H13N5O. The Kier molecular flexibility index (Phi) is 3.07. The summed E-state index contributed by atoms with van der Waals surface area (Å²) < 4.78 is 0. The minimum absolute atomic E-state index is 0.0583. The van der Waals surface area contributed by atoms with Crippen molar-refractivity contribution in [2.75, 3.05) is 13.1 Å². The minimum atomic E-state index is 0.0583. The maximum Gasteiger partial charge on any atom is 0.187 e. The van der Waals surface area contributed by atoms with E-state index < -0.39 is 0 Å². The van der Waals surface area contributed by atoms with E-state index >= 15 is 0 Å². The van der Waals surface area contributed by atoms with Crippen molar-refractivity contribution in [1.29, 1.82) is 0 Å². The van der Waals surface area contributed by atoms with Gasteiger partial charge >= 0.3 is 0 Å². The van der Waals surface area contributed by atoms with Crippen molar-refractivity contribution in [2.45, 2.75) is 0 Å². The summed E-state index contributed by atoms with van der Waals surface area (Å²) in [4.78, 5) is 26.1. The van der Waals surface area contributed by atoms with Gasteiger partial charge in [-0.05, 0) is 12.2 Å². The van der Waals surface area contributed by atoms with Gasteiger partial charge in [-0.25, -0.2) is 9.97 Å². The standard InChI is InChI=1S/C13H13N5O/c19-13-9(1-11-5-15-7-17-11)3-14-4-10(13)2-12-6-16-8-18-12/h1-2,5-8,14H,3-4H2,(H,15,17)(H,16,18)/b9-1+,10-2+. The van der Waals surface area contributed by atoms with Crippen molar-refractivity contribution in [3.63, 3.8) is 0 Å². The van der Waals surface area contributed by atoms with Crippen LogP contribution in [0.1, 0.15) is 11.4 Å². The van der Waals surface area contributed by atoms with Crippen LogP contribution in [0.5, 0.6) is 0 Å². The number of piperidine rings is 1. The normalized spacial score (nSPS) is 20.3. The number of hydrogen-bond acceptors (Lipinski definition) is 4. The predicted octanol–water partition coefficient (Wildman–Crippen LogP) is 0.772. The first-order valence-corrected chi connectivity index (χ1v) is 5.96. The van der Waals surface area contributed by atoms with Crippen LogP contribution in [0.15, 0.2) is 36.2 Å². The zero-order valence-electron chi connectivity index (χ0n) is 10.2. The van der Waals surface area contributed by atoms with Crippen LogP contribution >= 0.6 is 0 Å². The van der Waals surface area contributed by atoms with E-state index in [1.807, 2.05) is 12.2 Å². The number of carbonyl (C=O) groups excluding carboxylic acids is 1. The molecule has 0 aromatic carbocycles. The highest BCUT2D eigenvalue weighted by atomic mass is 16.1. The number of H-pyrrole nitrogens is 2. The summed E-state index contributed by atoms with van der Waals surface area (Å²) in [6.07, 6.45) is 10.2. The Morgan fingerprint density at radius 1 is 0.947 bits per heavy atom. The first kappa shape index (κ1) is 11.6. The molecule has 0 radical (unpaired) electrons. The number of nitrogens with zero attached hydrogens (tertiary/aromatic N) is 2. The van der Waals surface area contributed by atoms with Crippen LogP contribution in [0, 0.1) is 0 Å². The molecule has 19 heavy (non-hydrogen) atoms. The van der Waals surface area contributed by atoms with Gasteiger partial charge in [0.1, 0.15) is 0 Å². The highest BCUT2D eigenvalue weighted by Crippen LogP contribution is 2.15. The van der Waals surface area contributed by atoms with Crippen LogP contribution in [-0.2, 0) is 4.79 Å². The molecule has 0 unspecified atom stereocenters. The average molecular weight is 255 g/mol. The van der Waals surface area contributed by atoms with Crippen LogP contribution in [0.25, 0.3) is 12.2 Å². The van der Waals surface area contributed by atoms with Crippen LogP contribution in [0.2, 0.25) is 0 Å². The number of nitrogens with one attached hydrogen (secondary N) is 3. The van der Waals surface area contributed by atoms with Crippen LogP contribution in [0.4, 0.5) is 0 Å². The molecule has 0 bridgehead atoms. The summed E-state index contributed by atoms with van der Waals surface area (Å²) in [6, 6.07) is 0. The molecule has 0 atom stereocenters. The van der Waals surface area contributed by atoms with E-state index in [-0.39, 0.29) is 5.78 Å². The van der Waals surface area contributed by atoms with Crippen molar-refractivity contribution in [2.24, 2.45) is 0 Å².